The number of nitrogens with zero attached hydrogens (tertiary/aromatic N) is 2. The number of sulfonamides is 1. The molecule has 33 heavy (non-hydrogen) atoms. The number of ether oxygens (including phenoxy) is 1. The first-order valence-corrected chi connectivity index (χ1v) is 13.0. The van der Waals surface area contributed by atoms with Crippen molar-refractivity contribution in [2.75, 3.05) is 55.4 Å². The zero-order valence-corrected chi connectivity index (χ0v) is 20.1. The Hall–Kier alpha value is -2.21. The summed E-state index contributed by atoms with van der Waals surface area (Å²) in [5.41, 5.74) is 1.04. The average molecular weight is 500 g/mol. The second-order valence-electron chi connectivity index (χ2n) is 7.28. The molecule has 0 radical (unpaired) electrons. The Morgan fingerprint density at radius 3 is 2.45 bits per heavy atom. The van der Waals surface area contributed by atoms with Crippen molar-refractivity contribution in [1.82, 2.24) is 4.31 Å². The molecule has 3 rings (SSSR count). The Balaban J connectivity index is 1.85. The van der Waals surface area contributed by atoms with E-state index < -0.39 is 27.6 Å². The molecule has 0 aliphatic carbocycles. The molecule has 7 nitrogen and oxygen atoms in total. The van der Waals surface area contributed by atoms with Crippen LogP contribution in [0.15, 0.2) is 46.2 Å². The molecule has 2 aromatic rings. The molecule has 1 aliphatic rings. The summed E-state index contributed by atoms with van der Waals surface area (Å²) in [7, 11) is -3.72. The van der Waals surface area contributed by atoms with Crippen LogP contribution in [0.25, 0.3) is 0 Å². The molecular weight excluding hydrogens is 472 g/mol. The molecule has 0 aromatic heterocycles. The number of halogens is 2. The van der Waals surface area contributed by atoms with E-state index in [9.17, 15) is 22.0 Å². The van der Waals surface area contributed by atoms with Gasteiger partial charge in [0.15, 0.2) is 0 Å². The van der Waals surface area contributed by atoms with E-state index in [1.807, 2.05) is 4.90 Å². The van der Waals surface area contributed by atoms with Crippen molar-refractivity contribution in [1.29, 1.82) is 0 Å². The van der Waals surface area contributed by atoms with Gasteiger partial charge in [-0.3, -0.25) is 4.79 Å². The number of amides is 1. The minimum atomic E-state index is -3.72. The van der Waals surface area contributed by atoms with Crippen molar-refractivity contribution in [3.05, 3.63) is 48.0 Å². The Kier molecular flexibility index (Phi) is 8.69. The number of hydrogen-bond donors (Lipinski definition) is 1. The molecule has 1 saturated heterocycles. The zero-order chi connectivity index (χ0) is 24.0. The summed E-state index contributed by atoms with van der Waals surface area (Å²) in [4.78, 5) is 14.9. The number of carbonyl (C=O) groups excluding carboxylic acids is 1. The molecule has 1 amide bonds. The molecule has 0 saturated carbocycles. The fraction of sp³-hybridized carbons (Fsp3) is 0.409. The van der Waals surface area contributed by atoms with Crippen molar-refractivity contribution in [3.63, 3.8) is 0 Å². The molecule has 0 bridgehead atoms. The summed E-state index contributed by atoms with van der Waals surface area (Å²) in [6, 6.07) is 7.85. The first-order chi connectivity index (χ1) is 15.8. The number of rotatable bonds is 9. The number of anilines is 2. The van der Waals surface area contributed by atoms with Gasteiger partial charge in [0, 0.05) is 37.1 Å². The molecule has 0 unspecified atom stereocenters. The van der Waals surface area contributed by atoms with Crippen molar-refractivity contribution in [2.45, 2.75) is 23.6 Å². The molecule has 1 heterocycles. The number of carbonyl (C=O) groups is 1. The third-order valence-corrected chi connectivity index (χ3v) is 8.28. The quantitative estimate of drug-likeness (QED) is 0.532. The van der Waals surface area contributed by atoms with Crippen LogP contribution < -0.4 is 10.2 Å². The van der Waals surface area contributed by atoms with E-state index in [1.54, 1.807) is 19.9 Å². The molecule has 0 spiro atoms. The van der Waals surface area contributed by atoms with Crippen LogP contribution >= 0.6 is 11.8 Å². The average Bonchev–Trinajstić information content (AvgIpc) is 2.79. The fourth-order valence-electron chi connectivity index (χ4n) is 3.49. The smallest absolute Gasteiger partial charge is 0.243 e. The molecule has 180 valence electrons. The summed E-state index contributed by atoms with van der Waals surface area (Å²) >= 11 is 0.933. The van der Waals surface area contributed by atoms with Crippen molar-refractivity contribution < 1.29 is 26.7 Å². The first-order valence-electron chi connectivity index (χ1n) is 10.6. The summed E-state index contributed by atoms with van der Waals surface area (Å²) in [6.45, 7) is 6.41. The normalized spacial score (nSPS) is 14.5. The number of thioether (sulfide) groups is 1. The SMILES string of the molecule is CCN(CC)S(=O)(=O)c1ccc(N2CCOCC2)c(NC(=O)CSc2ccc(F)cc2F)c1. The van der Waals surface area contributed by atoms with Crippen LogP contribution in [0.3, 0.4) is 0 Å². The lowest BCUT2D eigenvalue weighted by molar-refractivity contribution is -0.113. The maximum atomic E-state index is 13.9. The van der Waals surface area contributed by atoms with Gasteiger partial charge in [0.1, 0.15) is 11.6 Å². The van der Waals surface area contributed by atoms with E-state index in [-0.39, 0.29) is 15.5 Å². The predicted octanol–water partition coefficient (Wildman–Crippen LogP) is 3.56. The number of benzene rings is 2. The van der Waals surface area contributed by atoms with Crippen LogP contribution in [0.4, 0.5) is 20.2 Å². The highest BCUT2D eigenvalue weighted by Crippen LogP contribution is 2.31. The van der Waals surface area contributed by atoms with Gasteiger partial charge in [-0.25, -0.2) is 17.2 Å². The third kappa shape index (κ3) is 6.23. The topological polar surface area (TPSA) is 79.0 Å². The van der Waals surface area contributed by atoms with E-state index in [1.165, 1.54) is 22.5 Å². The molecule has 2 aromatic carbocycles. The second kappa shape index (κ2) is 11.3. The summed E-state index contributed by atoms with van der Waals surface area (Å²) in [5, 5.41) is 2.77. The van der Waals surface area contributed by atoms with Crippen LogP contribution in [-0.4, -0.2) is 63.8 Å². The lowest BCUT2D eigenvalue weighted by atomic mass is 10.2. The summed E-state index contributed by atoms with van der Waals surface area (Å²) in [5.74, 6) is -1.99. The molecular formula is C22H27F2N3O4S2. The van der Waals surface area contributed by atoms with E-state index in [2.05, 4.69) is 5.32 Å². The molecule has 1 fully saturated rings. The van der Waals surface area contributed by atoms with Crippen molar-refractivity contribution in [2.24, 2.45) is 0 Å². The van der Waals surface area contributed by atoms with Gasteiger partial charge in [0.05, 0.1) is 35.2 Å². The minimum absolute atomic E-state index is 0.0794. The van der Waals surface area contributed by atoms with Gasteiger partial charge in [-0.1, -0.05) is 13.8 Å². The lowest BCUT2D eigenvalue weighted by Crippen LogP contribution is -2.37. The zero-order valence-electron chi connectivity index (χ0n) is 18.5. The Morgan fingerprint density at radius 1 is 1.12 bits per heavy atom. The van der Waals surface area contributed by atoms with E-state index in [0.29, 0.717) is 50.8 Å². The Morgan fingerprint density at radius 2 is 1.82 bits per heavy atom. The number of nitrogens with one attached hydrogen (secondary N) is 1. The van der Waals surface area contributed by atoms with E-state index >= 15 is 0 Å². The minimum Gasteiger partial charge on any atom is -0.378 e. The Bertz CT molecular complexity index is 1090. The highest BCUT2D eigenvalue weighted by atomic mass is 32.2. The standard InChI is InChI=1S/C22H27F2N3O4S2/c1-3-27(4-2)33(29,30)17-6-7-20(26-9-11-31-12-10-26)19(14-17)25-22(28)15-32-21-8-5-16(23)13-18(21)24/h5-8,13-14H,3-4,9-12,15H2,1-2H3,(H,25,28). The second-order valence-corrected chi connectivity index (χ2v) is 10.2. The van der Waals surface area contributed by atoms with Crippen molar-refractivity contribution in [3.8, 4) is 0 Å². The first kappa shape index (κ1) is 25.4. The van der Waals surface area contributed by atoms with Crippen LogP contribution in [0.2, 0.25) is 0 Å². The van der Waals surface area contributed by atoms with Crippen LogP contribution in [0.5, 0.6) is 0 Å². The summed E-state index contributed by atoms with van der Waals surface area (Å²) < 4.78 is 59.7. The van der Waals surface area contributed by atoms with Crippen LogP contribution in [0, 0.1) is 11.6 Å². The van der Waals surface area contributed by atoms with Crippen LogP contribution in [0.1, 0.15) is 13.8 Å². The number of morpholine rings is 1. The van der Waals surface area contributed by atoms with Gasteiger partial charge in [-0.15, -0.1) is 11.8 Å². The van der Waals surface area contributed by atoms with Crippen molar-refractivity contribution >= 4 is 39.1 Å². The maximum absolute atomic E-state index is 13.9. The molecule has 1 aliphatic heterocycles. The molecule has 0 atom stereocenters. The largest absolute Gasteiger partial charge is 0.378 e. The van der Waals surface area contributed by atoms with Gasteiger partial charge in [-0.2, -0.15) is 4.31 Å². The van der Waals surface area contributed by atoms with Gasteiger partial charge in [-0.05, 0) is 30.3 Å². The highest BCUT2D eigenvalue weighted by molar-refractivity contribution is 8.00. The molecule has 11 heteroatoms. The van der Waals surface area contributed by atoms with E-state index in [0.717, 1.165) is 23.9 Å². The van der Waals surface area contributed by atoms with Gasteiger partial charge >= 0.3 is 0 Å². The van der Waals surface area contributed by atoms with Gasteiger partial charge in [0.25, 0.3) is 0 Å². The maximum Gasteiger partial charge on any atom is 0.243 e. The fourth-order valence-corrected chi connectivity index (χ4v) is 5.69. The van der Waals surface area contributed by atoms with Gasteiger partial charge < -0.3 is 15.0 Å². The third-order valence-electron chi connectivity index (χ3n) is 5.19. The Labute approximate surface area is 197 Å². The van der Waals surface area contributed by atoms with Gasteiger partial charge in [0.2, 0.25) is 15.9 Å². The lowest BCUT2D eigenvalue weighted by Gasteiger charge is -2.31. The number of hydrogen-bond acceptors (Lipinski definition) is 6. The highest BCUT2D eigenvalue weighted by Gasteiger charge is 2.25. The predicted molar refractivity (Wildman–Crippen MR) is 125 cm³/mol. The van der Waals surface area contributed by atoms with Crippen LogP contribution in [-0.2, 0) is 19.6 Å². The summed E-state index contributed by atoms with van der Waals surface area (Å²) in [6.07, 6.45) is 0. The monoisotopic (exact) mass is 499 g/mol. The molecule has 1 N–H and O–H groups in total. The van der Waals surface area contributed by atoms with E-state index in [4.69, 9.17) is 4.74 Å².